The number of ketones is 1. The first-order valence-corrected chi connectivity index (χ1v) is 5.44. The Morgan fingerprint density at radius 3 is 2.89 bits per heavy atom. The van der Waals surface area contributed by atoms with Crippen molar-refractivity contribution in [2.45, 2.75) is 0 Å². The zero-order valence-corrected chi connectivity index (χ0v) is 9.64. The third-order valence-corrected chi connectivity index (χ3v) is 2.90. The first-order valence-electron chi connectivity index (χ1n) is 5.44. The van der Waals surface area contributed by atoms with Crippen molar-refractivity contribution in [1.82, 2.24) is 9.55 Å². The molecule has 0 unspecified atom stereocenters. The monoisotopic (exact) mass is 242 g/mol. The van der Waals surface area contributed by atoms with Crippen LogP contribution < -0.4 is 5.76 Å². The van der Waals surface area contributed by atoms with Crippen LogP contribution in [0.1, 0.15) is 16.1 Å². The van der Waals surface area contributed by atoms with E-state index in [2.05, 4.69) is 4.98 Å². The van der Waals surface area contributed by atoms with Crippen LogP contribution in [-0.4, -0.2) is 15.3 Å². The molecule has 3 rings (SSSR count). The maximum Gasteiger partial charge on any atom is 0.419 e. The number of nitrogens with zero attached hydrogens (tertiary/aromatic N) is 1. The second-order valence-corrected chi connectivity index (χ2v) is 4.02. The van der Waals surface area contributed by atoms with Crippen molar-refractivity contribution < 1.29 is 9.21 Å². The molecule has 0 fully saturated rings. The fraction of sp³-hybridized carbons (Fsp3) is 0.0769. The number of aryl methyl sites for hydroxylation is 1. The van der Waals surface area contributed by atoms with Gasteiger partial charge in [-0.05, 0) is 30.3 Å². The summed E-state index contributed by atoms with van der Waals surface area (Å²) in [6.07, 6.45) is 1.69. The molecule has 0 saturated carbocycles. The molecule has 0 spiro atoms. The molecular formula is C13H10N2O3. The number of benzene rings is 1. The van der Waals surface area contributed by atoms with Gasteiger partial charge < -0.3 is 9.40 Å². The highest BCUT2D eigenvalue weighted by Crippen LogP contribution is 2.16. The van der Waals surface area contributed by atoms with Gasteiger partial charge in [0.25, 0.3) is 0 Å². The molecule has 0 aliphatic carbocycles. The maximum atomic E-state index is 12.1. The van der Waals surface area contributed by atoms with Gasteiger partial charge in [0.1, 0.15) is 0 Å². The second-order valence-electron chi connectivity index (χ2n) is 4.02. The molecule has 90 valence electrons. The Hall–Kier alpha value is -2.56. The highest BCUT2D eigenvalue weighted by Gasteiger charge is 2.13. The summed E-state index contributed by atoms with van der Waals surface area (Å²) < 4.78 is 6.39. The number of rotatable bonds is 2. The number of nitrogens with one attached hydrogen (secondary N) is 1. The SMILES string of the molecule is Cn1c(=O)oc2ccc(C(=O)c3ccc[nH]3)cc21. The first-order chi connectivity index (χ1) is 8.66. The summed E-state index contributed by atoms with van der Waals surface area (Å²) in [5.74, 6) is -0.551. The highest BCUT2D eigenvalue weighted by atomic mass is 16.4. The molecule has 0 aliphatic heterocycles. The smallest absolute Gasteiger partial charge is 0.408 e. The lowest BCUT2D eigenvalue weighted by Gasteiger charge is -1.99. The molecule has 18 heavy (non-hydrogen) atoms. The Kier molecular flexibility index (Phi) is 2.19. The first kappa shape index (κ1) is 10.6. The number of carbonyl (C=O) groups excluding carboxylic acids is 1. The minimum absolute atomic E-state index is 0.115. The minimum atomic E-state index is -0.436. The normalized spacial score (nSPS) is 10.9. The molecule has 0 bridgehead atoms. The van der Waals surface area contributed by atoms with Crippen molar-refractivity contribution in [3.8, 4) is 0 Å². The van der Waals surface area contributed by atoms with E-state index in [1.165, 1.54) is 4.57 Å². The quantitative estimate of drug-likeness (QED) is 0.695. The van der Waals surface area contributed by atoms with Crippen molar-refractivity contribution >= 4 is 16.9 Å². The summed E-state index contributed by atoms with van der Waals surface area (Å²) in [6, 6.07) is 8.41. The van der Waals surface area contributed by atoms with E-state index in [0.717, 1.165) is 0 Å². The van der Waals surface area contributed by atoms with Crippen LogP contribution in [-0.2, 0) is 7.05 Å². The Morgan fingerprint density at radius 2 is 2.17 bits per heavy atom. The molecule has 2 heterocycles. The van der Waals surface area contributed by atoms with E-state index >= 15 is 0 Å². The average Bonchev–Trinajstić information content (AvgIpc) is 2.99. The highest BCUT2D eigenvalue weighted by molar-refractivity contribution is 6.09. The van der Waals surface area contributed by atoms with E-state index in [1.54, 1.807) is 43.6 Å². The zero-order valence-electron chi connectivity index (χ0n) is 9.64. The van der Waals surface area contributed by atoms with E-state index in [0.29, 0.717) is 22.4 Å². The third kappa shape index (κ3) is 1.48. The summed E-state index contributed by atoms with van der Waals surface area (Å²) >= 11 is 0. The fourth-order valence-electron chi connectivity index (χ4n) is 1.89. The molecule has 2 aromatic heterocycles. The van der Waals surface area contributed by atoms with Crippen LogP contribution >= 0.6 is 0 Å². The van der Waals surface area contributed by atoms with E-state index in [4.69, 9.17) is 4.42 Å². The maximum absolute atomic E-state index is 12.1. The Balaban J connectivity index is 2.16. The number of oxazole rings is 1. The molecule has 0 atom stereocenters. The van der Waals surface area contributed by atoms with Gasteiger partial charge in [-0.3, -0.25) is 9.36 Å². The average molecular weight is 242 g/mol. The number of hydrogen-bond donors (Lipinski definition) is 1. The van der Waals surface area contributed by atoms with Crippen LogP contribution in [0.3, 0.4) is 0 Å². The lowest BCUT2D eigenvalue weighted by atomic mass is 10.1. The van der Waals surface area contributed by atoms with Crippen molar-refractivity contribution in [3.05, 3.63) is 58.3 Å². The standard InChI is InChI=1S/C13H10N2O3/c1-15-10-7-8(4-5-11(10)18-13(15)17)12(16)9-3-2-6-14-9/h2-7,14H,1H3. The second kappa shape index (κ2) is 3.73. The zero-order chi connectivity index (χ0) is 12.7. The third-order valence-electron chi connectivity index (χ3n) is 2.90. The van der Waals surface area contributed by atoms with E-state index < -0.39 is 5.76 Å². The van der Waals surface area contributed by atoms with Gasteiger partial charge in [-0.1, -0.05) is 0 Å². The van der Waals surface area contributed by atoms with Gasteiger partial charge in [0.2, 0.25) is 5.78 Å². The van der Waals surface area contributed by atoms with E-state index in [-0.39, 0.29) is 5.78 Å². The van der Waals surface area contributed by atoms with Crippen molar-refractivity contribution in [1.29, 1.82) is 0 Å². The number of aromatic nitrogens is 2. The molecule has 1 aromatic carbocycles. The summed E-state index contributed by atoms with van der Waals surface area (Å²) in [6.45, 7) is 0. The molecule has 5 nitrogen and oxygen atoms in total. The van der Waals surface area contributed by atoms with Gasteiger partial charge in [0.05, 0.1) is 11.2 Å². The van der Waals surface area contributed by atoms with Gasteiger partial charge in [0, 0.05) is 18.8 Å². The Morgan fingerprint density at radius 1 is 1.33 bits per heavy atom. The van der Waals surface area contributed by atoms with Crippen LogP contribution in [0, 0.1) is 0 Å². The van der Waals surface area contributed by atoms with Gasteiger partial charge in [-0.2, -0.15) is 0 Å². The Labute approximate surface area is 102 Å². The lowest BCUT2D eigenvalue weighted by molar-refractivity contribution is 0.103. The molecule has 0 saturated heterocycles. The molecule has 0 amide bonds. The summed E-state index contributed by atoms with van der Waals surface area (Å²) in [7, 11) is 1.61. The number of carbonyl (C=O) groups is 1. The number of H-pyrrole nitrogens is 1. The molecule has 5 heteroatoms. The molecular weight excluding hydrogens is 232 g/mol. The van der Waals surface area contributed by atoms with Crippen molar-refractivity contribution in [2.75, 3.05) is 0 Å². The molecule has 0 aliphatic rings. The predicted molar refractivity (Wildman–Crippen MR) is 65.7 cm³/mol. The van der Waals surface area contributed by atoms with Gasteiger partial charge in [-0.15, -0.1) is 0 Å². The molecule has 0 radical (unpaired) electrons. The van der Waals surface area contributed by atoms with Crippen LogP contribution in [0.15, 0.2) is 45.7 Å². The summed E-state index contributed by atoms with van der Waals surface area (Å²) in [5.41, 5.74) is 2.12. The number of fused-ring (bicyclic) bond motifs is 1. The lowest BCUT2D eigenvalue weighted by Crippen LogP contribution is -2.08. The van der Waals surface area contributed by atoms with Gasteiger partial charge in [-0.25, -0.2) is 4.79 Å². The summed E-state index contributed by atoms with van der Waals surface area (Å²) in [4.78, 5) is 26.3. The van der Waals surface area contributed by atoms with Crippen molar-refractivity contribution in [2.24, 2.45) is 7.05 Å². The Bertz CT molecular complexity index is 778. The van der Waals surface area contributed by atoms with Gasteiger partial charge in [0.15, 0.2) is 5.58 Å². The predicted octanol–water partition coefficient (Wildman–Crippen LogP) is 1.69. The van der Waals surface area contributed by atoms with Crippen molar-refractivity contribution in [3.63, 3.8) is 0 Å². The largest absolute Gasteiger partial charge is 0.419 e. The minimum Gasteiger partial charge on any atom is -0.408 e. The van der Waals surface area contributed by atoms with Crippen LogP contribution in [0.25, 0.3) is 11.1 Å². The molecule has 3 aromatic rings. The number of hydrogen-bond acceptors (Lipinski definition) is 3. The van der Waals surface area contributed by atoms with Gasteiger partial charge >= 0.3 is 5.76 Å². The van der Waals surface area contributed by atoms with E-state index in [1.807, 2.05) is 0 Å². The van der Waals surface area contributed by atoms with Crippen LogP contribution in [0.2, 0.25) is 0 Å². The molecule has 1 N–H and O–H groups in total. The van der Waals surface area contributed by atoms with Crippen LogP contribution in [0.4, 0.5) is 0 Å². The number of aromatic amines is 1. The fourth-order valence-corrected chi connectivity index (χ4v) is 1.89. The van der Waals surface area contributed by atoms with Crippen LogP contribution in [0.5, 0.6) is 0 Å². The van der Waals surface area contributed by atoms with E-state index in [9.17, 15) is 9.59 Å². The summed E-state index contributed by atoms with van der Waals surface area (Å²) in [5, 5.41) is 0. The topological polar surface area (TPSA) is 68.0 Å².